The fraction of sp³-hybridized carbons (Fsp3) is 0.400. The van der Waals surface area contributed by atoms with Crippen molar-refractivity contribution in [2.24, 2.45) is 5.73 Å². The van der Waals surface area contributed by atoms with Gasteiger partial charge in [0.05, 0.1) is 16.5 Å². The lowest BCUT2D eigenvalue weighted by Crippen LogP contribution is -2.26. The molecule has 0 spiro atoms. The van der Waals surface area contributed by atoms with Gasteiger partial charge in [-0.2, -0.15) is 0 Å². The molecule has 0 heterocycles. The van der Waals surface area contributed by atoms with E-state index in [4.69, 9.17) is 10.5 Å². The van der Waals surface area contributed by atoms with Gasteiger partial charge in [-0.15, -0.1) is 12.4 Å². The van der Waals surface area contributed by atoms with Crippen LogP contribution in [0.4, 0.5) is 0 Å². The van der Waals surface area contributed by atoms with Crippen LogP contribution in [0.3, 0.4) is 0 Å². The summed E-state index contributed by atoms with van der Waals surface area (Å²) in [4.78, 5) is 0.176. The Balaban J connectivity index is 0.00000289. The number of benzene rings is 1. The third kappa shape index (κ3) is 4.74. The molecule has 0 unspecified atom stereocenters. The minimum absolute atomic E-state index is 0. The summed E-state index contributed by atoms with van der Waals surface area (Å²) in [5, 5.41) is 0. The molecule has 0 aliphatic carbocycles. The van der Waals surface area contributed by atoms with Crippen LogP contribution in [0, 0.1) is 0 Å². The van der Waals surface area contributed by atoms with Crippen molar-refractivity contribution in [1.82, 2.24) is 4.72 Å². The van der Waals surface area contributed by atoms with E-state index in [1.807, 2.05) is 0 Å². The number of halogens is 2. The standard InChI is InChI=1S/C10H15BrN2O3S.ClH/c1-16-10-7-8(3-4-9(10)11)17(14,15)13-6-2-5-12;/h3-4,7,13H,2,5-6,12H2,1H3;1H. The average Bonchev–Trinajstić information content (AvgIpc) is 2.29. The quantitative estimate of drug-likeness (QED) is 0.754. The van der Waals surface area contributed by atoms with Gasteiger partial charge >= 0.3 is 0 Å². The normalized spacial score (nSPS) is 10.8. The molecule has 0 aliphatic heterocycles. The minimum atomic E-state index is -3.49. The average molecular weight is 360 g/mol. The molecule has 0 fully saturated rings. The van der Waals surface area contributed by atoms with Crippen molar-refractivity contribution < 1.29 is 13.2 Å². The number of hydrogen-bond acceptors (Lipinski definition) is 4. The van der Waals surface area contributed by atoms with Crippen LogP contribution in [0.5, 0.6) is 5.75 Å². The summed E-state index contributed by atoms with van der Waals surface area (Å²) in [6, 6.07) is 4.61. The molecule has 3 N–H and O–H groups in total. The summed E-state index contributed by atoms with van der Waals surface area (Å²) >= 11 is 3.26. The largest absolute Gasteiger partial charge is 0.496 e. The molecule has 0 amide bonds. The molecule has 1 rings (SSSR count). The van der Waals surface area contributed by atoms with E-state index in [1.54, 1.807) is 6.07 Å². The van der Waals surface area contributed by atoms with Gasteiger partial charge in [0.15, 0.2) is 0 Å². The molecule has 18 heavy (non-hydrogen) atoms. The van der Waals surface area contributed by atoms with Crippen LogP contribution >= 0.6 is 28.3 Å². The van der Waals surface area contributed by atoms with Gasteiger partial charge in [0.2, 0.25) is 10.0 Å². The second kappa shape index (κ2) is 7.96. The highest BCUT2D eigenvalue weighted by molar-refractivity contribution is 9.10. The van der Waals surface area contributed by atoms with Gasteiger partial charge in [0.1, 0.15) is 5.75 Å². The van der Waals surface area contributed by atoms with Crippen molar-refractivity contribution in [2.75, 3.05) is 20.2 Å². The molecule has 0 saturated heterocycles. The van der Waals surface area contributed by atoms with Crippen LogP contribution in [-0.2, 0) is 10.0 Å². The Hall–Kier alpha value is -0.340. The second-order valence-corrected chi connectivity index (χ2v) is 5.96. The summed E-state index contributed by atoms with van der Waals surface area (Å²) in [5.74, 6) is 0.478. The Morgan fingerprint density at radius 1 is 1.44 bits per heavy atom. The minimum Gasteiger partial charge on any atom is -0.496 e. The number of nitrogens with two attached hydrogens (primary N) is 1. The lowest BCUT2D eigenvalue weighted by molar-refractivity contribution is 0.410. The first kappa shape index (κ1) is 17.7. The highest BCUT2D eigenvalue weighted by Gasteiger charge is 2.15. The van der Waals surface area contributed by atoms with Gasteiger partial charge in [-0.3, -0.25) is 0 Å². The van der Waals surface area contributed by atoms with Crippen LogP contribution in [0.15, 0.2) is 27.6 Å². The number of ether oxygens (including phenoxy) is 1. The van der Waals surface area contributed by atoms with Crippen molar-refractivity contribution >= 4 is 38.4 Å². The zero-order chi connectivity index (χ0) is 12.9. The Morgan fingerprint density at radius 2 is 2.11 bits per heavy atom. The van der Waals surface area contributed by atoms with E-state index in [-0.39, 0.29) is 17.3 Å². The maximum Gasteiger partial charge on any atom is 0.240 e. The van der Waals surface area contributed by atoms with E-state index >= 15 is 0 Å². The molecule has 8 heteroatoms. The first-order valence-corrected chi connectivity index (χ1v) is 7.32. The molecule has 1 aromatic carbocycles. The first-order valence-electron chi connectivity index (χ1n) is 5.04. The van der Waals surface area contributed by atoms with E-state index in [1.165, 1.54) is 19.2 Å². The van der Waals surface area contributed by atoms with Crippen molar-refractivity contribution in [3.05, 3.63) is 22.7 Å². The van der Waals surface area contributed by atoms with Crippen molar-refractivity contribution in [3.63, 3.8) is 0 Å². The topological polar surface area (TPSA) is 81.4 Å². The molecule has 104 valence electrons. The van der Waals surface area contributed by atoms with Crippen LogP contribution in [0.1, 0.15) is 6.42 Å². The summed E-state index contributed by atoms with van der Waals surface area (Å²) < 4.78 is 32.0. The fourth-order valence-electron chi connectivity index (χ4n) is 1.20. The summed E-state index contributed by atoms with van der Waals surface area (Å²) in [6.07, 6.45) is 0.604. The van der Waals surface area contributed by atoms with Gasteiger partial charge in [-0.1, -0.05) is 0 Å². The Bertz CT molecular complexity index is 482. The van der Waals surface area contributed by atoms with Crippen LogP contribution in [0.2, 0.25) is 0 Å². The van der Waals surface area contributed by atoms with Crippen molar-refractivity contribution in [3.8, 4) is 5.75 Å². The van der Waals surface area contributed by atoms with E-state index in [2.05, 4.69) is 20.7 Å². The number of hydrogen-bond donors (Lipinski definition) is 2. The molecular formula is C10H16BrClN2O3S. The number of methoxy groups -OCH3 is 1. The third-order valence-corrected chi connectivity index (χ3v) is 4.22. The predicted molar refractivity (Wildman–Crippen MR) is 76.8 cm³/mol. The number of nitrogens with one attached hydrogen (secondary N) is 1. The van der Waals surface area contributed by atoms with Crippen molar-refractivity contribution in [2.45, 2.75) is 11.3 Å². The molecule has 1 aromatic rings. The van der Waals surface area contributed by atoms with E-state index < -0.39 is 10.0 Å². The summed E-state index contributed by atoms with van der Waals surface area (Å²) in [7, 11) is -2.00. The first-order chi connectivity index (χ1) is 8.01. The Labute approximate surface area is 122 Å². The van der Waals surface area contributed by atoms with Gasteiger partial charge in [-0.05, 0) is 41.0 Å². The second-order valence-electron chi connectivity index (χ2n) is 3.34. The molecule has 0 saturated carbocycles. The fourth-order valence-corrected chi connectivity index (χ4v) is 2.70. The molecule has 0 aromatic heterocycles. The van der Waals surface area contributed by atoms with E-state index in [0.29, 0.717) is 29.7 Å². The summed E-state index contributed by atoms with van der Waals surface area (Å²) in [5.41, 5.74) is 5.30. The highest BCUT2D eigenvalue weighted by atomic mass is 79.9. The van der Waals surface area contributed by atoms with E-state index in [9.17, 15) is 8.42 Å². The highest BCUT2D eigenvalue weighted by Crippen LogP contribution is 2.27. The van der Waals surface area contributed by atoms with Crippen LogP contribution < -0.4 is 15.2 Å². The van der Waals surface area contributed by atoms with Crippen molar-refractivity contribution in [1.29, 1.82) is 0 Å². The third-order valence-electron chi connectivity index (χ3n) is 2.11. The molecular weight excluding hydrogens is 344 g/mol. The van der Waals surface area contributed by atoms with Gasteiger partial charge in [0.25, 0.3) is 0 Å². The summed E-state index contributed by atoms with van der Waals surface area (Å²) in [6.45, 7) is 0.781. The molecule has 0 radical (unpaired) electrons. The smallest absolute Gasteiger partial charge is 0.240 e. The zero-order valence-corrected chi connectivity index (χ0v) is 13.1. The maximum absolute atomic E-state index is 11.9. The Morgan fingerprint density at radius 3 is 2.67 bits per heavy atom. The lowest BCUT2D eigenvalue weighted by atomic mass is 10.3. The van der Waals surface area contributed by atoms with Crippen LogP contribution in [-0.4, -0.2) is 28.6 Å². The number of rotatable bonds is 6. The SMILES string of the molecule is COc1cc(S(=O)(=O)NCCCN)ccc1Br.Cl. The van der Waals surface area contributed by atoms with E-state index in [0.717, 1.165) is 0 Å². The molecule has 0 bridgehead atoms. The predicted octanol–water partition coefficient (Wildman–Crippen LogP) is 1.51. The lowest BCUT2D eigenvalue weighted by Gasteiger charge is -2.08. The monoisotopic (exact) mass is 358 g/mol. The molecule has 0 atom stereocenters. The maximum atomic E-state index is 11.9. The van der Waals surface area contributed by atoms with Gasteiger partial charge in [0, 0.05) is 12.6 Å². The van der Waals surface area contributed by atoms with Crippen LogP contribution in [0.25, 0.3) is 0 Å². The van der Waals surface area contributed by atoms with Gasteiger partial charge < -0.3 is 10.5 Å². The molecule has 5 nitrogen and oxygen atoms in total. The zero-order valence-electron chi connectivity index (χ0n) is 9.85. The number of sulfonamides is 1. The molecule has 0 aliphatic rings. The van der Waals surface area contributed by atoms with Gasteiger partial charge in [-0.25, -0.2) is 13.1 Å². The Kier molecular flexibility index (Phi) is 7.81.